The summed E-state index contributed by atoms with van der Waals surface area (Å²) in [5, 5.41) is 10.6. The molecule has 0 saturated heterocycles. The molecule has 0 rings (SSSR count). The molecule has 0 aromatic heterocycles. The molecule has 19 heteroatoms. The van der Waals surface area contributed by atoms with Gasteiger partial charge in [-0.15, -0.1) is 0 Å². The van der Waals surface area contributed by atoms with Gasteiger partial charge in [0.15, 0.2) is 12.2 Å². The third-order valence-corrected chi connectivity index (χ3v) is 19.4. The van der Waals surface area contributed by atoms with E-state index in [0.29, 0.717) is 25.7 Å². The normalized spacial score (nSPS) is 14.0. The molecule has 5 atom stereocenters. The Labute approximate surface area is 575 Å². The van der Waals surface area contributed by atoms with Gasteiger partial charge in [-0.3, -0.25) is 37.3 Å². The van der Waals surface area contributed by atoms with Crippen LogP contribution >= 0.6 is 15.6 Å². The number of carbonyl (C=O) groups is 4. The summed E-state index contributed by atoms with van der Waals surface area (Å²) in [4.78, 5) is 72.7. The number of aliphatic hydroxyl groups excluding tert-OH is 1. The summed E-state index contributed by atoms with van der Waals surface area (Å²) in [7, 11) is -9.90. The van der Waals surface area contributed by atoms with Crippen molar-refractivity contribution in [1.82, 2.24) is 0 Å². The van der Waals surface area contributed by atoms with Crippen LogP contribution in [0.1, 0.15) is 394 Å². The van der Waals surface area contributed by atoms with E-state index in [0.717, 1.165) is 102 Å². The number of esters is 4. The highest BCUT2D eigenvalue weighted by atomic mass is 31.2. The first-order chi connectivity index (χ1) is 45.5. The Morgan fingerprint density at radius 1 is 0.287 bits per heavy atom. The van der Waals surface area contributed by atoms with Gasteiger partial charge in [0.25, 0.3) is 0 Å². The molecule has 558 valence electrons. The summed E-state index contributed by atoms with van der Waals surface area (Å²) in [5.74, 6) is -1.35. The minimum absolute atomic E-state index is 0.107. The van der Waals surface area contributed by atoms with Crippen LogP contribution in [-0.4, -0.2) is 96.7 Å². The van der Waals surface area contributed by atoms with Crippen molar-refractivity contribution in [3.8, 4) is 0 Å². The van der Waals surface area contributed by atoms with Gasteiger partial charge in [0, 0.05) is 25.7 Å². The van der Waals surface area contributed by atoms with Crippen LogP contribution in [0, 0.1) is 5.92 Å². The summed E-state index contributed by atoms with van der Waals surface area (Å²) < 4.78 is 68.4. The van der Waals surface area contributed by atoms with Gasteiger partial charge in [-0.05, 0) is 31.6 Å². The predicted octanol–water partition coefficient (Wildman–Crippen LogP) is 22.1. The second-order valence-corrected chi connectivity index (χ2v) is 30.4. The van der Waals surface area contributed by atoms with Crippen molar-refractivity contribution in [3.05, 3.63) is 0 Å². The topological polar surface area (TPSA) is 237 Å². The Morgan fingerprint density at radius 3 is 0.723 bits per heavy atom. The lowest BCUT2D eigenvalue weighted by atomic mass is 10.0. The number of ether oxygens (including phenoxy) is 4. The molecule has 3 N–H and O–H groups in total. The van der Waals surface area contributed by atoms with Crippen molar-refractivity contribution in [2.75, 3.05) is 39.6 Å². The van der Waals surface area contributed by atoms with Crippen molar-refractivity contribution in [3.63, 3.8) is 0 Å². The van der Waals surface area contributed by atoms with E-state index in [4.69, 9.17) is 37.0 Å². The van der Waals surface area contributed by atoms with E-state index < -0.39 is 97.5 Å². The van der Waals surface area contributed by atoms with Gasteiger partial charge in [-0.25, -0.2) is 9.13 Å². The monoisotopic (exact) mass is 1380 g/mol. The zero-order valence-electron chi connectivity index (χ0n) is 61.1. The molecule has 0 aliphatic heterocycles. The maximum Gasteiger partial charge on any atom is 0.472 e. The molecular weight excluding hydrogens is 1230 g/mol. The average molecular weight is 1380 g/mol. The average Bonchev–Trinajstić information content (AvgIpc) is 2.04. The van der Waals surface area contributed by atoms with Gasteiger partial charge in [-0.1, -0.05) is 343 Å². The number of aliphatic hydroxyl groups is 1. The SMILES string of the molecule is CCCCCCCCCCCCCCCCCCCCCCC(=O)O[C@H](COC(=O)CCCCCCCCCCCCCC(C)C)COP(=O)(O)OC[C@@H](O)COP(=O)(O)OC[C@@H](COC(=O)CCCCCCCCCC)OC(=O)CCCCCCCCCCCCCC. The number of phosphoric acid groups is 2. The third-order valence-electron chi connectivity index (χ3n) is 17.5. The fraction of sp³-hybridized carbons (Fsp3) is 0.947. The standard InChI is InChI=1S/C75H146O17P2/c1-6-9-12-15-18-21-23-25-26-27-28-29-30-31-32-36-41-46-51-56-61-75(80)92-71(65-86-73(78)59-54-49-44-39-37-33-34-38-42-47-52-57-68(4)5)67-90-94(83,84)88-63-69(76)62-87-93(81,82)89-66-70(64-85-72(77)58-53-48-43-20-17-14-11-8-3)91-74(79)60-55-50-45-40-35-24-22-19-16-13-10-7-2/h68-71,76H,6-67H2,1-5H3,(H,81,82)(H,83,84)/t69-,70+,71+/m0/s1. The van der Waals surface area contributed by atoms with Gasteiger partial charge in [0.1, 0.15) is 19.3 Å². The van der Waals surface area contributed by atoms with Gasteiger partial charge in [0.05, 0.1) is 26.4 Å². The largest absolute Gasteiger partial charge is 0.472 e. The predicted molar refractivity (Wildman–Crippen MR) is 382 cm³/mol. The molecule has 2 unspecified atom stereocenters. The first-order valence-corrected chi connectivity index (χ1v) is 42.1. The van der Waals surface area contributed by atoms with Crippen molar-refractivity contribution < 1.29 is 80.2 Å². The van der Waals surface area contributed by atoms with E-state index in [-0.39, 0.29) is 25.7 Å². The van der Waals surface area contributed by atoms with E-state index in [1.807, 2.05) is 0 Å². The first-order valence-electron chi connectivity index (χ1n) is 39.1. The van der Waals surface area contributed by atoms with Crippen LogP contribution in [0.5, 0.6) is 0 Å². The van der Waals surface area contributed by atoms with Crippen LogP contribution in [0.2, 0.25) is 0 Å². The van der Waals surface area contributed by atoms with Crippen molar-refractivity contribution in [2.24, 2.45) is 5.92 Å². The number of hydrogen-bond acceptors (Lipinski definition) is 15. The molecule has 0 aromatic carbocycles. The highest BCUT2D eigenvalue weighted by molar-refractivity contribution is 7.47. The summed E-state index contributed by atoms with van der Waals surface area (Å²) in [6.07, 6.45) is 56.9. The summed E-state index contributed by atoms with van der Waals surface area (Å²) in [5.41, 5.74) is 0. The van der Waals surface area contributed by atoms with Crippen LogP contribution < -0.4 is 0 Å². The number of phosphoric ester groups is 2. The van der Waals surface area contributed by atoms with Crippen LogP contribution in [0.25, 0.3) is 0 Å². The minimum Gasteiger partial charge on any atom is -0.462 e. The highest BCUT2D eigenvalue weighted by Gasteiger charge is 2.30. The maximum absolute atomic E-state index is 13.1. The molecular formula is C75H146O17P2. The number of hydrogen-bond donors (Lipinski definition) is 3. The fourth-order valence-electron chi connectivity index (χ4n) is 11.5. The van der Waals surface area contributed by atoms with Crippen LogP contribution in [-0.2, 0) is 65.4 Å². The van der Waals surface area contributed by atoms with Gasteiger partial charge in [0.2, 0.25) is 0 Å². The molecule has 94 heavy (non-hydrogen) atoms. The number of rotatable bonds is 75. The zero-order valence-corrected chi connectivity index (χ0v) is 62.9. The van der Waals surface area contributed by atoms with Crippen LogP contribution in [0.3, 0.4) is 0 Å². The first kappa shape index (κ1) is 92.1. The molecule has 17 nitrogen and oxygen atoms in total. The van der Waals surface area contributed by atoms with E-state index in [2.05, 4.69) is 34.6 Å². The molecule has 0 aliphatic carbocycles. The highest BCUT2D eigenvalue weighted by Crippen LogP contribution is 2.45. The smallest absolute Gasteiger partial charge is 0.462 e. The molecule has 0 bridgehead atoms. The van der Waals surface area contributed by atoms with E-state index in [1.54, 1.807) is 0 Å². The second-order valence-electron chi connectivity index (χ2n) is 27.5. The van der Waals surface area contributed by atoms with Crippen LogP contribution in [0.15, 0.2) is 0 Å². The van der Waals surface area contributed by atoms with Gasteiger partial charge in [-0.2, -0.15) is 0 Å². The summed E-state index contributed by atoms with van der Waals surface area (Å²) >= 11 is 0. The third kappa shape index (κ3) is 68.6. The Kier molecular flexibility index (Phi) is 66.8. The van der Waals surface area contributed by atoms with E-state index >= 15 is 0 Å². The van der Waals surface area contributed by atoms with Crippen molar-refractivity contribution >= 4 is 39.5 Å². The van der Waals surface area contributed by atoms with E-state index in [9.17, 15) is 43.2 Å². The Balaban J connectivity index is 5.19. The number of carbonyl (C=O) groups excluding carboxylic acids is 4. The second kappa shape index (κ2) is 68.2. The fourth-order valence-corrected chi connectivity index (χ4v) is 13.1. The molecule has 0 saturated carbocycles. The zero-order chi connectivity index (χ0) is 69.1. The lowest BCUT2D eigenvalue weighted by Gasteiger charge is -2.21. The van der Waals surface area contributed by atoms with Crippen LogP contribution in [0.4, 0.5) is 0 Å². The molecule has 0 spiro atoms. The Bertz CT molecular complexity index is 1810. The molecule has 0 heterocycles. The summed E-state index contributed by atoms with van der Waals surface area (Å²) in [6, 6.07) is 0. The number of unbranched alkanes of at least 4 members (excludes halogenated alkanes) is 47. The van der Waals surface area contributed by atoms with E-state index in [1.165, 1.54) is 212 Å². The van der Waals surface area contributed by atoms with Gasteiger partial charge < -0.3 is 33.8 Å². The molecule has 0 amide bonds. The quantitative estimate of drug-likeness (QED) is 0.0222. The molecule has 0 aliphatic rings. The van der Waals surface area contributed by atoms with Gasteiger partial charge >= 0.3 is 39.5 Å². The molecule has 0 fully saturated rings. The minimum atomic E-state index is -4.96. The Hall–Kier alpha value is -1.94. The van der Waals surface area contributed by atoms with Crippen molar-refractivity contribution in [1.29, 1.82) is 0 Å². The summed E-state index contributed by atoms with van der Waals surface area (Å²) in [6.45, 7) is 7.26. The lowest BCUT2D eigenvalue weighted by molar-refractivity contribution is -0.161. The molecule has 0 radical (unpaired) electrons. The molecule has 0 aromatic rings. The maximum atomic E-state index is 13.1. The Morgan fingerprint density at radius 2 is 0.489 bits per heavy atom. The van der Waals surface area contributed by atoms with Crippen molar-refractivity contribution in [2.45, 2.75) is 412 Å². The lowest BCUT2D eigenvalue weighted by Crippen LogP contribution is -2.30.